The van der Waals surface area contributed by atoms with Crippen LogP contribution in [0.1, 0.15) is 29.3 Å². The summed E-state index contributed by atoms with van der Waals surface area (Å²) in [5.74, 6) is -1.68. The highest BCUT2D eigenvalue weighted by atomic mass is 19.2. The fourth-order valence-electron chi connectivity index (χ4n) is 5.08. The molecule has 0 unspecified atom stereocenters. The van der Waals surface area contributed by atoms with Crippen LogP contribution < -0.4 is 4.90 Å². The summed E-state index contributed by atoms with van der Waals surface area (Å²) in [6, 6.07) is 29.9. The molecule has 2 aromatic heterocycles. The number of alkyl halides is 1. The minimum atomic E-state index is -2.35. The van der Waals surface area contributed by atoms with Crippen LogP contribution in [0.5, 0.6) is 0 Å². The van der Waals surface area contributed by atoms with E-state index in [4.69, 9.17) is 9.47 Å². The molecular formula is C31H30FN5O3. The van der Waals surface area contributed by atoms with Gasteiger partial charge in [-0.1, -0.05) is 91.0 Å². The number of hydrogen-bond acceptors (Lipinski definition) is 7. The van der Waals surface area contributed by atoms with E-state index in [9.17, 15) is 5.11 Å². The van der Waals surface area contributed by atoms with Crippen molar-refractivity contribution in [3.63, 3.8) is 0 Å². The standard InChI is InChI=1S/C31H30FN5O3/c32-31(20-38)26(39-19-25-14-8-3-9-15-25)16-27(40-31)37-22-35-28-29(33-21-34-30(28)37)36(17-23-10-4-1-5-11-23)18-24-12-6-2-7-13-24/h1-15,21-22,26-27,38H,16-20H2/t26-,27+,31+/m0/s1. The van der Waals surface area contributed by atoms with Gasteiger partial charge in [-0.25, -0.2) is 19.3 Å². The van der Waals surface area contributed by atoms with Crippen molar-refractivity contribution in [2.45, 2.75) is 44.3 Å². The van der Waals surface area contributed by atoms with Crippen LogP contribution in [0, 0.1) is 0 Å². The van der Waals surface area contributed by atoms with E-state index in [-0.39, 0.29) is 13.0 Å². The van der Waals surface area contributed by atoms with E-state index < -0.39 is 24.8 Å². The molecule has 1 saturated heterocycles. The van der Waals surface area contributed by atoms with Crippen molar-refractivity contribution in [1.82, 2.24) is 19.5 Å². The van der Waals surface area contributed by atoms with E-state index in [0.717, 1.165) is 16.7 Å². The Labute approximate surface area is 231 Å². The third-order valence-corrected chi connectivity index (χ3v) is 7.12. The second-order valence-corrected chi connectivity index (χ2v) is 9.89. The number of ether oxygens (including phenoxy) is 2. The quantitative estimate of drug-likeness (QED) is 0.261. The highest BCUT2D eigenvalue weighted by Crippen LogP contribution is 2.41. The lowest BCUT2D eigenvalue weighted by Gasteiger charge is -2.24. The van der Waals surface area contributed by atoms with Crippen LogP contribution in [0.15, 0.2) is 104 Å². The monoisotopic (exact) mass is 539 g/mol. The van der Waals surface area contributed by atoms with Crippen LogP contribution in [0.2, 0.25) is 0 Å². The summed E-state index contributed by atoms with van der Waals surface area (Å²) in [6.07, 6.45) is 1.54. The lowest BCUT2D eigenvalue weighted by Crippen LogP contribution is -2.39. The predicted octanol–water partition coefficient (Wildman–Crippen LogP) is 5.20. The van der Waals surface area contributed by atoms with Gasteiger partial charge in [0.2, 0.25) is 0 Å². The fraction of sp³-hybridized carbons (Fsp3) is 0.258. The minimum absolute atomic E-state index is 0.187. The number of anilines is 1. The van der Waals surface area contributed by atoms with Gasteiger partial charge in [-0.15, -0.1) is 0 Å². The largest absolute Gasteiger partial charge is 0.390 e. The van der Waals surface area contributed by atoms with Crippen molar-refractivity contribution in [2.75, 3.05) is 11.5 Å². The van der Waals surface area contributed by atoms with Gasteiger partial charge in [-0.2, -0.15) is 0 Å². The van der Waals surface area contributed by atoms with Gasteiger partial charge in [0.15, 0.2) is 17.0 Å². The Morgan fingerprint density at radius 2 is 1.48 bits per heavy atom. The highest BCUT2D eigenvalue weighted by molar-refractivity contribution is 5.83. The first-order valence-electron chi connectivity index (χ1n) is 13.3. The maximum Gasteiger partial charge on any atom is 0.260 e. The number of fused-ring (bicyclic) bond motifs is 1. The van der Waals surface area contributed by atoms with Crippen LogP contribution in [0.4, 0.5) is 10.2 Å². The molecule has 0 amide bonds. The summed E-state index contributed by atoms with van der Waals surface area (Å²) in [5.41, 5.74) is 4.28. The first kappa shape index (κ1) is 26.1. The van der Waals surface area contributed by atoms with E-state index in [1.54, 1.807) is 10.9 Å². The number of aromatic nitrogens is 4. The van der Waals surface area contributed by atoms with Crippen molar-refractivity contribution in [3.8, 4) is 0 Å². The Bertz CT molecular complexity index is 1490. The number of imidazole rings is 1. The number of nitrogens with zero attached hydrogens (tertiary/aromatic N) is 5. The summed E-state index contributed by atoms with van der Waals surface area (Å²) >= 11 is 0. The molecule has 3 aromatic carbocycles. The lowest BCUT2D eigenvalue weighted by molar-refractivity contribution is -0.217. The van der Waals surface area contributed by atoms with Crippen molar-refractivity contribution in [3.05, 3.63) is 120 Å². The molecule has 0 radical (unpaired) electrons. The SMILES string of the molecule is OC[C@@]1(F)O[C@@H](n2cnc3c(N(Cc4ccccc4)Cc4ccccc4)ncnc32)C[C@@H]1OCc1ccccc1. The van der Waals surface area contributed by atoms with Crippen LogP contribution in [-0.2, 0) is 29.2 Å². The Balaban J connectivity index is 1.29. The molecule has 1 aliphatic rings. The molecule has 204 valence electrons. The van der Waals surface area contributed by atoms with Gasteiger partial charge in [0.05, 0.1) is 12.9 Å². The summed E-state index contributed by atoms with van der Waals surface area (Å²) < 4.78 is 29.0. The van der Waals surface area contributed by atoms with E-state index in [1.807, 2.05) is 66.7 Å². The molecule has 1 N–H and O–H groups in total. The smallest absolute Gasteiger partial charge is 0.260 e. The van der Waals surface area contributed by atoms with Gasteiger partial charge in [0.25, 0.3) is 5.85 Å². The van der Waals surface area contributed by atoms with Gasteiger partial charge < -0.3 is 19.5 Å². The number of hydrogen-bond donors (Lipinski definition) is 1. The van der Waals surface area contributed by atoms with E-state index in [1.165, 1.54) is 6.33 Å². The third-order valence-electron chi connectivity index (χ3n) is 7.12. The highest BCUT2D eigenvalue weighted by Gasteiger charge is 2.51. The second-order valence-electron chi connectivity index (χ2n) is 9.89. The number of benzene rings is 3. The minimum Gasteiger partial charge on any atom is -0.390 e. The molecule has 3 heterocycles. The van der Waals surface area contributed by atoms with Crippen molar-refractivity contribution < 1.29 is 19.0 Å². The number of rotatable bonds is 10. The Hall–Kier alpha value is -4.18. The van der Waals surface area contributed by atoms with Crippen LogP contribution in [0.25, 0.3) is 11.2 Å². The molecule has 0 saturated carbocycles. The Morgan fingerprint density at radius 3 is 2.08 bits per heavy atom. The average Bonchev–Trinajstić information content (AvgIpc) is 3.58. The van der Waals surface area contributed by atoms with Crippen LogP contribution >= 0.6 is 0 Å². The molecule has 1 aliphatic heterocycles. The third kappa shape index (κ3) is 5.44. The molecule has 0 bridgehead atoms. The molecule has 0 spiro atoms. The maximum absolute atomic E-state index is 15.7. The zero-order chi connectivity index (χ0) is 27.4. The molecule has 3 atom stereocenters. The second kappa shape index (κ2) is 11.5. The topological polar surface area (TPSA) is 85.5 Å². The van der Waals surface area contributed by atoms with Crippen LogP contribution in [-0.4, -0.2) is 43.2 Å². The van der Waals surface area contributed by atoms with Gasteiger partial charge in [-0.3, -0.25) is 4.57 Å². The molecule has 9 heteroatoms. The Morgan fingerprint density at radius 1 is 0.875 bits per heavy atom. The first-order valence-corrected chi connectivity index (χ1v) is 13.3. The number of aliphatic hydroxyl groups is 1. The predicted molar refractivity (Wildman–Crippen MR) is 149 cm³/mol. The molecule has 8 nitrogen and oxygen atoms in total. The zero-order valence-corrected chi connectivity index (χ0v) is 21.9. The average molecular weight is 540 g/mol. The van der Waals surface area contributed by atoms with Crippen molar-refractivity contribution in [2.24, 2.45) is 0 Å². The summed E-state index contributed by atoms with van der Waals surface area (Å²) in [5, 5.41) is 9.88. The van der Waals surface area contributed by atoms with E-state index >= 15 is 4.39 Å². The van der Waals surface area contributed by atoms with E-state index in [0.29, 0.717) is 30.1 Å². The summed E-state index contributed by atoms with van der Waals surface area (Å²) in [7, 11) is 0. The molecule has 6 rings (SSSR count). The fourth-order valence-corrected chi connectivity index (χ4v) is 5.08. The molecule has 5 aromatic rings. The summed E-state index contributed by atoms with van der Waals surface area (Å²) in [4.78, 5) is 15.9. The van der Waals surface area contributed by atoms with E-state index in [2.05, 4.69) is 44.1 Å². The molecule has 40 heavy (non-hydrogen) atoms. The molecular weight excluding hydrogens is 509 g/mol. The number of halogens is 1. The molecule has 1 fully saturated rings. The van der Waals surface area contributed by atoms with Crippen LogP contribution in [0.3, 0.4) is 0 Å². The molecule has 0 aliphatic carbocycles. The number of aliphatic hydroxyl groups excluding tert-OH is 1. The lowest BCUT2D eigenvalue weighted by atomic mass is 10.1. The maximum atomic E-state index is 15.7. The zero-order valence-electron chi connectivity index (χ0n) is 21.9. The van der Waals surface area contributed by atoms with Gasteiger partial charge in [0, 0.05) is 19.5 Å². The van der Waals surface area contributed by atoms with Crippen molar-refractivity contribution >= 4 is 17.0 Å². The van der Waals surface area contributed by atoms with Crippen molar-refractivity contribution in [1.29, 1.82) is 0 Å². The van der Waals surface area contributed by atoms with Gasteiger partial charge >= 0.3 is 0 Å². The van der Waals surface area contributed by atoms with Gasteiger partial charge in [0.1, 0.15) is 25.3 Å². The summed E-state index contributed by atoms with van der Waals surface area (Å²) in [6.45, 7) is 0.611. The van der Waals surface area contributed by atoms with Gasteiger partial charge in [-0.05, 0) is 16.7 Å². The first-order chi connectivity index (χ1) is 19.6. The normalized spacial score (nSPS) is 20.6. The Kier molecular flexibility index (Phi) is 7.50.